The van der Waals surface area contributed by atoms with Gasteiger partial charge in [0.05, 0.1) is 13.2 Å². The van der Waals surface area contributed by atoms with Gasteiger partial charge < -0.3 is 24.9 Å². The highest BCUT2D eigenvalue weighted by atomic mass is 16.5. The molecule has 0 saturated carbocycles. The minimum Gasteiger partial charge on any atom is -0.466 e. The Kier molecular flexibility index (Phi) is 6.04. The van der Waals surface area contributed by atoms with E-state index >= 15 is 0 Å². The van der Waals surface area contributed by atoms with E-state index in [0.29, 0.717) is 31.1 Å². The van der Waals surface area contributed by atoms with Gasteiger partial charge in [-0.1, -0.05) is 0 Å². The normalized spacial score (nSPS) is 13.8. The molecule has 0 bridgehead atoms. The summed E-state index contributed by atoms with van der Waals surface area (Å²) in [5.41, 5.74) is -0.483. The van der Waals surface area contributed by atoms with Crippen LogP contribution in [-0.4, -0.2) is 37.4 Å². The molecule has 1 heterocycles. The Hall–Kier alpha value is -1.53. The number of aryl methyl sites for hydroxylation is 2. The highest BCUT2D eigenvalue weighted by molar-refractivity contribution is 5.73. The van der Waals surface area contributed by atoms with E-state index in [0.717, 1.165) is 5.76 Å². The van der Waals surface area contributed by atoms with Crippen molar-refractivity contribution in [3.63, 3.8) is 0 Å². The molecule has 1 unspecified atom stereocenters. The molecule has 0 aliphatic heterocycles. The Morgan fingerprint density at radius 3 is 2.70 bits per heavy atom. The van der Waals surface area contributed by atoms with Crippen molar-refractivity contribution < 1.29 is 19.1 Å². The van der Waals surface area contributed by atoms with E-state index in [-0.39, 0.29) is 12.6 Å². The first kappa shape index (κ1) is 16.5. The molecule has 2 amide bonds. The molecule has 1 aromatic heterocycles. The number of hydrogen-bond donors (Lipinski definition) is 3. The summed E-state index contributed by atoms with van der Waals surface area (Å²) in [5.74, 6) is 1.39. The van der Waals surface area contributed by atoms with Crippen LogP contribution in [0.15, 0.2) is 10.5 Å². The number of carbonyl (C=O) groups excluding carboxylic acids is 1. The summed E-state index contributed by atoms with van der Waals surface area (Å²) in [6, 6.07) is 1.45. The second kappa shape index (κ2) is 7.31. The lowest BCUT2D eigenvalue weighted by Gasteiger charge is -2.23. The van der Waals surface area contributed by atoms with Crippen molar-refractivity contribution in [2.24, 2.45) is 0 Å². The van der Waals surface area contributed by atoms with Crippen molar-refractivity contribution in [2.45, 2.75) is 33.3 Å². The molecule has 0 spiro atoms. The molecule has 114 valence electrons. The Morgan fingerprint density at radius 2 is 2.15 bits per heavy atom. The molecule has 1 aromatic rings. The number of hydrogen-bond acceptors (Lipinski definition) is 4. The number of furan rings is 1. The van der Waals surface area contributed by atoms with Gasteiger partial charge in [-0.25, -0.2) is 4.79 Å². The van der Waals surface area contributed by atoms with Gasteiger partial charge in [0.25, 0.3) is 0 Å². The predicted molar refractivity (Wildman–Crippen MR) is 75.6 cm³/mol. The number of rotatable bonds is 7. The van der Waals surface area contributed by atoms with Crippen molar-refractivity contribution >= 4 is 6.03 Å². The molecule has 1 atom stereocenters. The molecule has 0 aliphatic carbocycles. The number of ether oxygens (including phenoxy) is 1. The molecule has 0 saturated heterocycles. The lowest BCUT2D eigenvalue weighted by molar-refractivity contribution is 0.0577. The first-order valence-corrected chi connectivity index (χ1v) is 6.76. The molecule has 6 nitrogen and oxygen atoms in total. The molecule has 3 N–H and O–H groups in total. The van der Waals surface area contributed by atoms with Crippen molar-refractivity contribution in [1.82, 2.24) is 10.6 Å². The van der Waals surface area contributed by atoms with E-state index in [9.17, 15) is 9.90 Å². The van der Waals surface area contributed by atoms with E-state index in [1.54, 1.807) is 19.9 Å². The summed E-state index contributed by atoms with van der Waals surface area (Å²) in [6.07, 6.45) is 0. The lowest BCUT2D eigenvalue weighted by Crippen LogP contribution is -2.44. The van der Waals surface area contributed by atoms with Crippen LogP contribution in [0.2, 0.25) is 0 Å². The second-order valence-electron chi connectivity index (χ2n) is 4.91. The Bertz CT molecular complexity index is 440. The molecule has 0 aliphatic rings. The van der Waals surface area contributed by atoms with Crippen molar-refractivity contribution in [1.29, 1.82) is 0 Å². The zero-order valence-corrected chi connectivity index (χ0v) is 12.6. The van der Waals surface area contributed by atoms with Crippen LogP contribution in [0.5, 0.6) is 0 Å². The summed E-state index contributed by atoms with van der Waals surface area (Å²) in [7, 11) is 0. The van der Waals surface area contributed by atoms with Gasteiger partial charge in [0.15, 0.2) is 0 Å². The molecular weight excluding hydrogens is 260 g/mol. The van der Waals surface area contributed by atoms with Crippen LogP contribution in [0.4, 0.5) is 4.79 Å². The van der Waals surface area contributed by atoms with Gasteiger partial charge in [-0.3, -0.25) is 0 Å². The van der Waals surface area contributed by atoms with Crippen LogP contribution in [0.3, 0.4) is 0 Å². The van der Waals surface area contributed by atoms with Gasteiger partial charge in [0.2, 0.25) is 0 Å². The average molecular weight is 284 g/mol. The first-order chi connectivity index (χ1) is 9.36. The van der Waals surface area contributed by atoms with E-state index in [2.05, 4.69) is 10.6 Å². The summed E-state index contributed by atoms with van der Waals surface area (Å²) >= 11 is 0. The number of carbonyl (C=O) groups is 1. The van der Waals surface area contributed by atoms with E-state index in [4.69, 9.17) is 9.15 Å². The fourth-order valence-electron chi connectivity index (χ4n) is 1.96. The third-order valence-corrected chi connectivity index (χ3v) is 2.95. The van der Waals surface area contributed by atoms with Gasteiger partial charge in [0, 0.05) is 18.7 Å². The van der Waals surface area contributed by atoms with Crippen molar-refractivity contribution in [3.05, 3.63) is 23.2 Å². The SMILES string of the molecule is CCOCCNC(=O)NCC(C)(O)c1cc(C)oc1C. The highest BCUT2D eigenvalue weighted by Crippen LogP contribution is 2.26. The van der Waals surface area contributed by atoms with Crippen molar-refractivity contribution in [2.75, 3.05) is 26.3 Å². The monoisotopic (exact) mass is 284 g/mol. The number of amides is 2. The first-order valence-electron chi connectivity index (χ1n) is 6.76. The van der Waals surface area contributed by atoms with Crippen LogP contribution in [0.25, 0.3) is 0 Å². The van der Waals surface area contributed by atoms with E-state index < -0.39 is 5.60 Å². The van der Waals surface area contributed by atoms with Gasteiger partial charge >= 0.3 is 6.03 Å². The topological polar surface area (TPSA) is 83.7 Å². The summed E-state index contributed by atoms with van der Waals surface area (Å²) in [5, 5.41) is 15.7. The maximum Gasteiger partial charge on any atom is 0.314 e. The Balaban J connectivity index is 2.43. The zero-order valence-electron chi connectivity index (χ0n) is 12.6. The maximum atomic E-state index is 11.6. The van der Waals surface area contributed by atoms with Gasteiger partial charge in [-0.15, -0.1) is 0 Å². The lowest BCUT2D eigenvalue weighted by atomic mass is 9.96. The number of aliphatic hydroxyl groups is 1. The quantitative estimate of drug-likeness (QED) is 0.662. The molecular formula is C14H24N2O4. The van der Waals surface area contributed by atoms with Gasteiger partial charge in [0.1, 0.15) is 17.1 Å². The molecule has 6 heteroatoms. The minimum atomic E-state index is -1.17. The second-order valence-corrected chi connectivity index (χ2v) is 4.91. The minimum absolute atomic E-state index is 0.104. The standard InChI is InChI=1S/C14H24N2O4/c1-5-19-7-6-15-13(17)16-9-14(4,18)12-8-10(2)20-11(12)3/h8,18H,5-7,9H2,1-4H3,(H2,15,16,17). The zero-order chi connectivity index (χ0) is 15.2. The van der Waals surface area contributed by atoms with Gasteiger partial charge in [-0.2, -0.15) is 0 Å². The fraction of sp³-hybridized carbons (Fsp3) is 0.643. The van der Waals surface area contributed by atoms with Gasteiger partial charge in [-0.05, 0) is 33.8 Å². The smallest absolute Gasteiger partial charge is 0.314 e. The molecule has 0 aromatic carbocycles. The predicted octanol–water partition coefficient (Wildman–Crippen LogP) is 1.44. The molecule has 20 heavy (non-hydrogen) atoms. The number of urea groups is 1. The maximum absolute atomic E-state index is 11.6. The highest BCUT2D eigenvalue weighted by Gasteiger charge is 2.28. The average Bonchev–Trinajstić information content (AvgIpc) is 2.72. The third-order valence-electron chi connectivity index (χ3n) is 2.95. The van der Waals surface area contributed by atoms with E-state index in [1.165, 1.54) is 0 Å². The summed E-state index contributed by atoms with van der Waals surface area (Å²) in [4.78, 5) is 11.6. The van der Waals surface area contributed by atoms with Crippen LogP contribution in [0.1, 0.15) is 30.9 Å². The van der Waals surface area contributed by atoms with Crippen LogP contribution in [-0.2, 0) is 10.3 Å². The number of nitrogens with one attached hydrogen (secondary N) is 2. The Morgan fingerprint density at radius 1 is 1.45 bits per heavy atom. The third kappa shape index (κ3) is 4.86. The van der Waals surface area contributed by atoms with Crippen LogP contribution >= 0.6 is 0 Å². The summed E-state index contributed by atoms with van der Waals surface area (Å²) in [6.45, 7) is 8.78. The molecule has 0 fully saturated rings. The van der Waals surface area contributed by atoms with Crippen LogP contribution < -0.4 is 10.6 Å². The molecule has 1 rings (SSSR count). The van der Waals surface area contributed by atoms with Crippen molar-refractivity contribution in [3.8, 4) is 0 Å². The largest absolute Gasteiger partial charge is 0.466 e. The Labute approximate surface area is 119 Å². The fourth-order valence-corrected chi connectivity index (χ4v) is 1.96. The van der Waals surface area contributed by atoms with E-state index in [1.807, 2.05) is 13.8 Å². The molecule has 0 radical (unpaired) electrons. The summed E-state index contributed by atoms with van der Waals surface area (Å²) < 4.78 is 10.5. The van der Waals surface area contributed by atoms with Crippen LogP contribution in [0, 0.1) is 13.8 Å².